The molecule has 1 radical (unpaired) electrons. The zero-order valence-corrected chi connectivity index (χ0v) is 4.84. The minimum Gasteiger partial charge on any atom is -0.216 e. The molecule has 0 bridgehead atoms. The highest BCUT2D eigenvalue weighted by molar-refractivity contribution is 5.47. The Kier molecular flexibility index (Phi) is 2.02. The molecule has 0 heterocycles. The summed E-state index contributed by atoms with van der Waals surface area (Å²) in [5.74, 6) is 0. The smallest absolute Gasteiger partial charge is 0.0872 e. The Balaban J connectivity index is 2.85. The monoisotopic (exact) mass is 121 g/mol. The van der Waals surface area contributed by atoms with Crippen LogP contribution in [0.25, 0.3) is 6.08 Å². The van der Waals surface area contributed by atoms with Gasteiger partial charge in [0.25, 0.3) is 0 Å². The van der Waals surface area contributed by atoms with Crippen molar-refractivity contribution in [3.63, 3.8) is 0 Å². The molecule has 0 saturated heterocycles. The van der Waals surface area contributed by atoms with E-state index in [1.807, 2.05) is 0 Å². The van der Waals surface area contributed by atoms with Gasteiger partial charge < -0.3 is 0 Å². The van der Waals surface area contributed by atoms with Gasteiger partial charge in [-0.15, -0.1) is 0 Å². The summed E-state index contributed by atoms with van der Waals surface area (Å²) in [5, 5.41) is 0. The molecule has 0 amide bonds. The van der Waals surface area contributed by atoms with Crippen LogP contribution in [0.4, 0.5) is 4.39 Å². The fraction of sp³-hybridized carbons (Fsp3) is 0. The van der Waals surface area contributed by atoms with Crippen molar-refractivity contribution in [3.05, 3.63) is 42.2 Å². The molecule has 9 heavy (non-hydrogen) atoms. The van der Waals surface area contributed by atoms with Crippen molar-refractivity contribution in [3.8, 4) is 0 Å². The van der Waals surface area contributed by atoms with E-state index in [1.54, 1.807) is 24.3 Å². The Morgan fingerprint density at radius 3 is 2.56 bits per heavy atom. The molecule has 0 saturated carbocycles. The third-order valence-electron chi connectivity index (χ3n) is 0.999. The summed E-state index contributed by atoms with van der Waals surface area (Å²) in [6.45, 7) is 0. The highest BCUT2D eigenvalue weighted by Crippen LogP contribution is 1.99. The molecule has 0 aliphatic heterocycles. The van der Waals surface area contributed by atoms with Crippen LogP contribution in [0.2, 0.25) is 0 Å². The Labute approximate surface area is 53.6 Å². The van der Waals surface area contributed by atoms with Crippen LogP contribution in [0, 0.1) is 6.07 Å². The van der Waals surface area contributed by atoms with E-state index >= 15 is 0 Å². The molecule has 45 valence electrons. The molecule has 1 rings (SSSR count). The van der Waals surface area contributed by atoms with Gasteiger partial charge in [0.15, 0.2) is 0 Å². The highest BCUT2D eigenvalue weighted by atomic mass is 19.1. The van der Waals surface area contributed by atoms with Crippen LogP contribution in [0.3, 0.4) is 0 Å². The first-order valence-electron chi connectivity index (χ1n) is 2.66. The van der Waals surface area contributed by atoms with Crippen LogP contribution in [0.1, 0.15) is 5.56 Å². The lowest BCUT2D eigenvalue weighted by Crippen LogP contribution is -1.65. The summed E-state index contributed by atoms with van der Waals surface area (Å²) >= 11 is 0. The fourth-order valence-corrected chi connectivity index (χ4v) is 0.584. The molecule has 0 unspecified atom stereocenters. The number of halogens is 1. The average Bonchev–Trinajstić information content (AvgIpc) is 1.91. The third-order valence-corrected chi connectivity index (χ3v) is 0.999. The minimum absolute atomic E-state index is 0.523. The van der Waals surface area contributed by atoms with E-state index in [4.69, 9.17) is 0 Å². The van der Waals surface area contributed by atoms with Gasteiger partial charge in [-0.2, -0.15) is 0 Å². The largest absolute Gasteiger partial charge is 0.216 e. The summed E-state index contributed by atoms with van der Waals surface area (Å²) in [4.78, 5) is 0. The van der Waals surface area contributed by atoms with Crippen LogP contribution in [0.15, 0.2) is 30.6 Å². The van der Waals surface area contributed by atoms with Crippen molar-refractivity contribution < 1.29 is 4.39 Å². The van der Waals surface area contributed by atoms with Gasteiger partial charge in [-0.25, -0.2) is 4.39 Å². The van der Waals surface area contributed by atoms with Gasteiger partial charge >= 0.3 is 0 Å². The van der Waals surface area contributed by atoms with E-state index in [-0.39, 0.29) is 0 Å². The van der Waals surface area contributed by atoms with Crippen LogP contribution in [-0.4, -0.2) is 0 Å². The van der Waals surface area contributed by atoms with Crippen LogP contribution < -0.4 is 0 Å². The molecule has 0 nitrogen and oxygen atoms in total. The van der Waals surface area contributed by atoms with Crippen molar-refractivity contribution in [1.29, 1.82) is 0 Å². The van der Waals surface area contributed by atoms with E-state index in [0.29, 0.717) is 6.33 Å². The van der Waals surface area contributed by atoms with Gasteiger partial charge in [-0.05, 0) is 17.7 Å². The van der Waals surface area contributed by atoms with Crippen molar-refractivity contribution in [1.82, 2.24) is 0 Å². The first kappa shape index (κ1) is 6.02. The van der Waals surface area contributed by atoms with Crippen molar-refractivity contribution in [2.24, 2.45) is 0 Å². The van der Waals surface area contributed by atoms with Gasteiger partial charge in [-0.3, -0.25) is 0 Å². The molecule has 0 aromatic heterocycles. The molecule has 0 spiro atoms. The maximum absolute atomic E-state index is 11.5. The first-order chi connectivity index (χ1) is 4.43. The molecule has 0 atom stereocenters. The van der Waals surface area contributed by atoms with Crippen LogP contribution in [-0.2, 0) is 0 Å². The second-order valence-corrected chi connectivity index (χ2v) is 1.63. The Morgan fingerprint density at radius 2 is 2.00 bits per heavy atom. The van der Waals surface area contributed by atoms with E-state index in [0.717, 1.165) is 5.56 Å². The first-order valence-corrected chi connectivity index (χ1v) is 2.66. The molecule has 0 N–H and O–H groups in total. The van der Waals surface area contributed by atoms with Crippen molar-refractivity contribution in [2.45, 2.75) is 0 Å². The topological polar surface area (TPSA) is 0 Å². The summed E-state index contributed by atoms with van der Waals surface area (Å²) in [6.07, 6.45) is 1.92. The van der Waals surface area contributed by atoms with E-state index in [1.165, 1.54) is 6.08 Å². The Hall–Kier alpha value is -1.11. The molecule has 1 aromatic rings. The summed E-state index contributed by atoms with van der Waals surface area (Å²) < 4.78 is 11.5. The Bertz CT molecular complexity index is 189. The quantitative estimate of drug-likeness (QED) is 0.535. The molecular formula is C8H6F. The third kappa shape index (κ3) is 1.68. The Morgan fingerprint density at radius 1 is 1.33 bits per heavy atom. The minimum atomic E-state index is 0.523. The zero-order chi connectivity index (χ0) is 6.53. The lowest BCUT2D eigenvalue weighted by atomic mass is 10.2. The van der Waals surface area contributed by atoms with Gasteiger partial charge in [0, 0.05) is 0 Å². The highest BCUT2D eigenvalue weighted by Gasteiger charge is 1.79. The normalized spacial score (nSPS) is 10.3. The van der Waals surface area contributed by atoms with Gasteiger partial charge in [-0.1, -0.05) is 24.3 Å². The van der Waals surface area contributed by atoms with E-state index in [2.05, 4.69) is 6.07 Å². The number of hydrogen-bond donors (Lipinski definition) is 0. The number of benzene rings is 1. The lowest BCUT2D eigenvalue weighted by Gasteiger charge is -1.85. The van der Waals surface area contributed by atoms with Crippen molar-refractivity contribution >= 4 is 6.08 Å². The van der Waals surface area contributed by atoms with Crippen LogP contribution in [0.5, 0.6) is 0 Å². The van der Waals surface area contributed by atoms with Crippen molar-refractivity contribution in [2.75, 3.05) is 0 Å². The number of rotatable bonds is 1. The van der Waals surface area contributed by atoms with E-state index in [9.17, 15) is 4.39 Å². The van der Waals surface area contributed by atoms with Gasteiger partial charge in [0.05, 0.1) is 6.33 Å². The summed E-state index contributed by atoms with van der Waals surface area (Å²) in [6, 6.07) is 9.90. The fourth-order valence-electron chi connectivity index (χ4n) is 0.584. The zero-order valence-electron chi connectivity index (χ0n) is 4.84. The average molecular weight is 121 g/mol. The second kappa shape index (κ2) is 3.02. The summed E-state index contributed by atoms with van der Waals surface area (Å²) in [7, 11) is 0. The van der Waals surface area contributed by atoms with E-state index < -0.39 is 0 Å². The standard InChI is InChI=1S/C8H6F/c9-7-6-8-4-2-1-3-5-8/h2-7H. The molecule has 1 heteroatoms. The second-order valence-electron chi connectivity index (χ2n) is 1.63. The van der Waals surface area contributed by atoms with Gasteiger partial charge in [0.2, 0.25) is 0 Å². The van der Waals surface area contributed by atoms with Crippen LogP contribution >= 0.6 is 0 Å². The number of hydrogen-bond acceptors (Lipinski definition) is 0. The predicted molar refractivity (Wildman–Crippen MR) is 35.4 cm³/mol. The SMILES string of the molecule is FC=Cc1cc[c]cc1. The molecular weight excluding hydrogens is 115 g/mol. The molecule has 0 aliphatic rings. The maximum atomic E-state index is 11.5. The molecule has 0 aliphatic carbocycles. The predicted octanol–water partition coefficient (Wildman–Crippen LogP) is 2.43. The molecule has 0 fully saturated rings. The molecule has 1 aromatic carbocycles. The maximum Gasteiger partial charge on any atom is 0.0872 e. The summed E-state index contributed by atoms with van der Waals surface area (Å²) in [5.41, 5.74) is 0.858. The lowest BCUT2D eigenvalue weighted by molar-refractivity contribution is 0.727. The van der Waals surface area contributed by atoms with Gasteiger partial charge in [0.1, 0.15) is 0 Å².